The molecule has 2 heterocycles. The van der Waals surface area contributed by atoms with Crippen molar-refractivity contribution in [2.75, 3.05) is 7.11 Å². The molecular weight excluding hydrogens is 416 g/mol. The number of aromatic nitrogens is 2. The van der Waals surface area contributed by atoms with E-state index in [1.165, 1.54) is 18.4 Å². The van der Waals surface area contributed by atoms with Crippen LogP contribution in [0.2, 0.25) is 0 Å². The summed E-state index contributed by atoms with van der Waals surface area (Å²) in [6.45, 7) is 4.04. The van der Waals surface area contributed by atoms with Crippen LogP contribution in [-0.4, -0.2) is 21.6 Å². The molecule has 0 saturated heterocycles. The Balaban J connectivity index is 1.97. The number of hydrogen-bond acceptors (Lipinski definition) is 5. The lowest BCUT2D eigenvalue weighted by Crippen LogP contribution is -2.22. The summed E-state index contributed by atoms with van der Waals surface area (Å²) in [4.78, 5) is 18.2. The van der Waals surface area contributed by atoms with Crippen LogP contribution in [0.5, 0.6) is 11.5 Å². The number of imidazole rings is 1. The van der Waals surface area contributed by atoms with E-state index < -0.39 is 0 Å². The van der Waals surface area contributed by atoms with Gasteiger partial charge >= 0.3 is 0 Å². The van der Waals surface area contributed by atoms with Crippen LogP contribution in [0.3, 0.4) is 0 Å². The van der Waals surface area contributed by atoms with E-state index in [0.29, 0.717) is 15.2 Å². The molecule has 0 aliphatic carbocycles. The van der Waals surface area contributed by atoms with Crippen molar-refractivity contribution in [2.24, 2.45) is 0 Å². The molecule has 0 radical (unpaired) electrons. The molecule has 0 saturated carbocycles. The highest BCUT2D eigenvalue weighted by Gasteiger charge is 2.16. The lowest BCUT2D eigenvalue weighted by Gasteiger charge is -2.03. The van der Waals surface area contributed by atoms with Gasteiger partial charge in [0, 0.05) is 4.47 Å². The van der Waals surface area contributed by atoms with E-state index in [1.54, 1.807) is 28.7 Å². The zero-order valence-corrected chi connectivity index (χ0v) is 16.7. The molecule has 0 bridgehead atoms. The van der Waals surface area contributed by atoms with E-state index >= 15 is 0 Å². The van der Waals surface area contributed by atoms with Gasteiger partial charge in [-0.25, -0.2) is 9.38 Å². The number of benzene rings is 2. The van der Waals surface area contributed by atoms with Gasteiger partial charge in [0.2, 0.25) is 0 Å². The van der Waals surface area contributed by atoms with Crippen LogP contribution in [0.1, 0.15) is 16.7 Å². The topological polar surface area (TPSA) is 63.8 Å². The van der Waals surface area contributed by atoms with Crippen LogP contribution < -0.4 is 14.8 Å². The second-order valence-electron chi connectivity index (χ2n) is 6.08. The van der Waals surface area contributed by atoms with Crippen molar-refractivity contribution < 1.29 is 9.84 Å². The Morgan fingerprint density at radius 1 is 1.31 bits per heavy atom. The Morgan fingerprint density at radius 2 is 2.08 bits per heavy atom. The number of aryl methyl sites for hydroxylation is 1. The van der Waals surface area contributed by atoms with Crippen molar-refractivity contribution in [3.8, 4) is 11.5 Å². The standard InChI is InChI=1S/C19H15BrN2O3S/c1-9-6-12-17(16(20)10(9)2)21-19-22(12)18(24)15(26-19)8-11-4-5-14(25-3)13(23)7-11/h4-8,23H,1-3H3/b15-8+. The number of rotatable bonds is 2. The lowest BCUT2D eigenvalue weighted by molar-refractivity contribution is 0.373. The number of nitrogens with zero attached hydrogens (tertiary/aromatic N) is 2. The number of phenols is 1. The highest BCUT2D eigenvalue weighted by Crippen LogP contribution is 2.30. The normalized spacial score (nSPS) is 12.4. The van der Waals surface area contributed by atoms with Gasteiger partial charge in [0.05, 0.1) is 17.2 Å². The van der Waals surface area contributed by atoms with E-state index in [4.69, 9.17) is 4.74 Å². The van der Waals surface area contributed by atoms with Crippen molar-refractivity contribution in [1.82, 2.24) is 9.38 Å². The van der Waals surface area contributed by atoms with Crippen molar-refractivity contribution in [2.45, 2.75) is 13.8 Å². The minimum Gasteiger partial charge on any atom is -0.504 e. The molecule has 0 spiro atoms. The second-order valence-corrected chi connectivity index (χ2v) is 7.88. The molecule has 2 aromatic heterocycles. The molecule has 0 unspecified atom stereocenters. The number of thiazole rings is 1. The van der Waals surface area contributed by atoms with Crippen molar-refractivity contribution in [3.05, 3.63) is 60.3 Å². The van der Waals surface area contributed by atoms with E-state index in [0.717, 1.165) is 32.2 Å². The average Bonchev–Trinajstić information content (AvgIpc) is 3.11. The summed E-state index contributed by atoms with van der Waals surface area (Å²) < 4.78 is 8.18. The minimum absolute atomic E-state index is 0.0375. The van der Waals surface area contributed by atoms with Gasteiger partial charge in [-0.05, 0) is 70.7 Å². The number of fused-ring (bicyclic) bond motifs is 3. The summed E-state index contributed by atoms with van der Waals surface area (Å²) in [6, 6.07) is 7.03. The summed E-state index contributed by atoms with van der Waals surface area (Å²) >= 11 is 4.92. The van der Waals surface area contributed by atoms with Crippen molar-refractivity contribution in [3.63, 3.8) is 0 Å². The number of phenolic OH excluding ortho intramolecular Hbond substituents is 1. The highest BCUT2D eigenvalue weighted by atomic mass is 79.9. The molecule has 1 N–H and O–H groups in total. The molecule has 132 valence electrons. The quantitative estimate of drug-likeness (QED) is 0.528. The van der Waals surface area contributed by atoms with Gasteiger partial charge in [-0.1, -0.05) is 17.4 Å². The van der Waals surface area contributed by atoms with Gasteiger partial charge < -0.3 is 9.84 Å². The molecule has 4 rings (SSSR count). The first kappa shape index (κ1) is 17.1. The summed E-state index contributed by atoms with van der Waals surface area (Å²) in [5, 5.41) is 9.92. The summed E-state index contributed by atoms with van der Waals surface area (Å²) in [6.07, 6.45) is 1.75. The van der Waals surface area contributed by atoms with Gasteiger partial charge in [0.15, 0.2) is 16.5 Å². The number of ether oxygens (including phenoxy) is 1. The third-order valence-electron chi connectivity index (χ3n) is 4.48. The van der Waals surface area contributed by atoms with Crippen LogP contribution in [-0.2, 0) is 0 Å². The molecule has 5 nitrogen and oxygen atoms in total. The second kappa shape index (κ2) is 6.10. The monoisotopic (exact) mass is 430 g/mol. The Morgan fingerprint density at radius 3 is 2.77 bits per heavy atom. The average molecular weight is 431 g/mol. The van der Waals surface area contributed by atoms with E-state index in [2.05, 4.69) is 20.9 Å². The molecule has 7 heteroatoms. The fourth-order valence-electron chi connectivity index (χ4n) is 2.93. The number of halogens is 1. The number of aromatic hydroxyl groups is 1. The summed E-state index contributed by atoms with van der Waals surface area (Å²) in [7, 11) is 1.50. The SMILES string of the molecule is COc1ccc(/C=c2/sc3nc4c(Br)c(C)c(C)cc4n3c2=O)cc1O. The zero-order chi connectivity index (χ0) is 18.6. The van der Waals surface area contributed by atoms with E-state index in [1.807, 2.05) is 19.9 Å². The predicted octanol–water partition coefficient (Wildman–Crippen LogP) is 3.55. The van der Waals surface area contributed by atoms with Crippen molar-refractivity contribution in [1.29, 1.82) is 0 Å². The maximum atomic E-state index is 12.9. The first-order valence-electron chi connectivity index (χ1n) is 7.90. The Kier molecular flexibility index (Phi) is 4.00. The molecule has 0 aliphatic heterocycles. The van der Waals surface area contributed by atoms with Gasteiger partial charge in [-0.15, -0.1) is 0 Å². The summed E-state index contributed by atoms with van der Waals surface area (Å²) in [5.74, 6) is 0.433. The van der Waals surface area contributed by atoms with Gasteiger partial charge in [0.25, 0.3) is 5.56 Å². The van der Waals surface area contributed by atoms with Crippen LogP contribution in [0, 0.1) is 13.8 Å². The molecule has 4 aromatic rings. The minimum atomic E-state index is -0.113. The van der Waals surface area contributed by atoms with E-state index in [-0.39, 0.29) is 11.3 Å². The van der Waals surface area contributed by atoms with Gasteiger partial charge in [-0.2, -0.15) is 0 Å². The molecule has 2 aromatic carbocycles. The molecule has 26 heavy (non-hydrogen) atoms. The zero-order valence-electron chi connectivity index (χ0n) is 14.3. The first-order valence-corrected chi connectivity index (χ1v) is 9.51. The Hall–Kier alpha value is -2.38. The number of methoxy groups -OCH3 is 1. The number of hydrogen-bond donors (Lipinski definition) is 1. The Bertz CT molecular complexity index is 1290. The lowest BCUT2D eigenvalue weighted by atomic mass is 10.1. The van der Waals surface area contributed by atoms with E-state index in [9.17, 15) is 9.90 Å². The third kappa shape index (κ3) is 2.50. The third-order valence-corrected chi connectivity index (χ3v) is 6.42. The van der Waals surface area contributed by atoms with Gasteiger partial charge in [-0.3, -0.25) is 4.79 Å². The molecule has 0 aliphatic rings. The van der Waals surface area contributed by atoms with Crippen molar-refractivity contribution >= 4 is 49.3 Å². The van der Waals surface area contributed by atoms with Crippen LogP contribution in [0.25, 0.3) is 22.1 Å². The Labute approximate surface area is 161 Å². The summed E-state index contributed by atoms with van der Waals surface area (Å²) in [5.41, 5.74) is 4.43. The highest BCUT2D eigenvalue weighted by molar-refractivity contribution is 9.10. The fourth-order valence-corrected chi connectivity index (χ4v) is 4.51. The van der Waals surface area contributed by atoms with Gasteiger partial charge in [0.1, 0.15) is 5.52 Å². The molecule has 0 atom stereocenters. The van der Waals surface area contributed by atoms with Crippen LogP contribution in [0.4, 0.5) is 0 Å². The largest absolute Gasteiger partial charge is 0.504 e. The predicted molar refractivity (Wildman–Crippen MR) is 107 cm³/mol. The van der Waals surface area contributed by atoms with Crippen LogP contribution >= 0.6 is 27.3 Å². The molecule has 0 fully saturated rings. The maximum Gasteiger partial charge on any atom is 0.274 e. The maximum absolute atomic E-state index is 12.9. The molecule has 0 amide bonds. The fraction of sp³-hybridized carbons (Fsp3) is 0.158. The van der Waals surface area contributed by atoms with Crippen LogP contribution in [0.15, 0.2) is 33.5 Å². The molecular formula is C19H15BrN2O3S. The first-order chi connectivity index (χ1) is 12.4. The smallest absolute Gasteiger partial charge is 0.274 e.